The van der Waals surface area contributed by atoms with Crippen molar-refractivity contribution in [1.29, 1.82) is 0 Å². The fourth-order valence-electron chi connectivity index (χ4n) is 6.28. The van der Waals surface area contributed by atoms with Crippen molar-refractivity contribution >= 4 is 5.91 Å². The van der Waals surface area contributed by atoms with E-state index in [0.29, 0.717) is 19.7 Å². The van der Waals surface area contributed by atoms with Gasteiger partial charge in [-0.3, -0.25) is 9.59 Å². The molecule has 4 bridgehead atoms. The monoisotopic (exact) mass is 372 g/mol. The lowest BCUT2D eigenvalue weighted by Crippen LogP contribution is -2.50. The first-order valence-corrected chi connectivity index (χ1v) is 10.3. The van der Waals surface area contributed by atoms with E-state index >= 15 is 0 Å². The maximum atomic E-state index is 12.6. The SMILES string of the molecule is O=C(NC[C@@H]1CNCCO1)c1cnc(C23CC4CC(CC(C4)C2)C3)[nH]c1=O. The summed E-state index contributed by atoms with van der Waals surface area (Å²) in [5, 5.41) is 6.02. The molecule has 2 heterocycles. The van der Waals surface area contributed by atoms with Crippen LogP contribution in [0, 0.1) is 17.8 Å². The number of hydrogen-bond acceptors (Lipinski definition) is 5. The Morgan fingerprint density at radius 2 is 1.93 bits per heavy atom. The van der Waals surface area contributed by atoms with Crippen LogP contribution in [0.5, 0.6) is 0 Å². The lowest BCUT2D eigenvalue weighted by Gasteiger charge is -2.56. The van der Waals surface area contributed by atoms with Gasteiger partial charge in [0.2, 0.25) is 0 Å². The average molecular weight is 372 g/mol. The molecule has 1 atom stereocenters. The molecule has 5 fully saturated rings. The van der Waals surface area contributed by atoms with Crippen molar-refractivity contribution in [3.05, 3.63) is 27.9 Å². The number of morpholine rings is 1. The smallest absolute Gasteiger partial charge is 0.263 e. The Balaban J connectivity index is 1.31. The largest absolute Gasteiger partial charge is 0.374 e. The van der Waals surface area contributed by atoms with E-state index in [1.807, 2.05) is 0 Å². The first kappa shape index (κ1) is 17.4. The van der Waals surface area contributed by atoms with Crippen LogP contribution in [0.2, 0.25) is 0 Å². The molecule has 3 N–H and O–H groups in total. The molecule has 1 aliphatic heterocycles. The van der Waals surface area contributed by atoms with Crippen LogP contribution in [-0.2, 0) is 10.2 Å². The molecule has 6 rings (SSSR count). The zero-order chi connectivity index (χ0) is 18.4. The van der Waals surface area contributed by atoms with E-state index in [0.717, 1.165) is 49.4 Å². The molecule has 7 nitrogen and oxygen atoms in total. The molecule has 1 aromatic heterocycles. The summed E-state index contributed by atoms with van der Waals surface area (Å²) in [5.74, 6) is 2.79. The fraction of sp³-hybridized carbons (Fsp3) is 0.750. The van der Waals surface area contributed by atoms with Crippen molar-refractivity contribution in [1.82, 2.24) is 20.6 Å². The van der Waals surface area contributed by atoms with Crippen molar-refractivity contribution in [3.8, 4) is 0 Å². The van der Waals surface area contributed by atoms with Crippen LogP contribution in [0.3, 0.4) is 0 Å². The molecule has 7 heteroatoms. The van der Waals surface area contributed by atoms with Gasteiger partial charge in [-0.15, -0.1) is 0 Å². The minimum atomic E-state index is -0.380. The van der Waals surface area contributed by atoms with Gasteiger partial charge in [0.25, 0.3) is 11.5 Å². The van der Waals surface area contributed by atoms with E-state index in [1.54, 1.807) is 0 Å². The summed E-state index contributed by atoms with van der Waals surface area (Å²) in [7, 11) is 0. The van der Waals surface area contributed by atoms with Crippen molar-refractivity contribution in [3.63, 3.8) is 0 Å². The summed E-state index contributed by atoms with van der Waals surface area (Å²) in [4.78, 5) is 32.6. The van der Waals surface area contributed by atoms with Gasteiger partial charge in [0.05, 0.1) is 12.7 Å². The number of aromatic nitrogens is 2. The molecule has 1 saturated heterocycles. The van der Waals surface area contributed by atoms with Crippen LogP contribution >= 0.6 is 0 Å². The Kier molecular flexibility index (Phi) is 4.31. The summed E-state index contributed by atoms with van der Waals surface area (Å²) in [6.07, 6.45) is 8.88. The van der Waals surface area contributed by atoms with E-state index in [9.17, 15) is 9.59 Å². The standard InChI is InChI=1S/C20H28N4O3/c25-17(22-10-15-9-21-1-2-27-15)16-11-23-19(24-18(16)26)20-6-12-3-13(7-20)5-14(4-12)8-20/h11-15,21H,1-10H2,(H,22,25)(H,23,24,26)/t12?,13?,14?,15-,20?/m0/s1. The maximum absolute atomic E-state index is 12.6. The van der Waals surface area contributed by atoms with Gasteiger partial charge in [-0.2, -0.15) is 0 Å². The van der Waals surface area contributed by atoms with E-state index in [4.69, 9.17) is 4.74 Å². The highest BCUT2D eigenvalue weighted by Crippen LogP contribution is 2.59. The molecular weight excluding hydrogens is 344 g/mol. The Hall–Kier alpha value is -1.73. The lowest BCUT2D eigenvalue weighted by atomic mass is 9.49. The molecule has 5 aliphatic rings. The molecular formula is C20H28N4O3. The number of nitrogens with zero attached hydrogens (tertiary/aromatic N) is 1. The van der Waals surface area contributed by atoms with Crippen LogP contribution < -0.4 is 16.2 Å². The molecule has 4 saturated carbocycles. The third-order valence-corrected chi connectivity index (χ3v) is 7.08. The highest BCUT2D eigenvalue weighted by molar-refractivity contribution is 5.93. The third-order valence-electron chi connectivity index (χ3n) is 7.08. The predicted molar refractivity (Wildman–Crippen MR) is 99.7 cm³/mol. The Morgan fingerprint density at radius 1 is 1.22 bits per heavy atom. The van der Waals surface area contributed by atoms with E-state index in [1.165, 1.54) is 25.5 Å². The number of hydrogen-bond donors (Lipinski definition) is 3. The van der Waals surface area contributed by atoms with Gasteiger partial charge >= 0.3 is 0 Å². The van der Waals surface area contributed by atoms with Crippen molar-refractivity contribution in [2.75, 3.05) is 26.2 Å². The van der Waals surface area contributed by atoms with E-state index < -0.39 is 0 Å². The Labute approximate surface area is 158 Å². The molecule has 0 radical (unpaired) electrons. The van der Waals surface area contributed by atoms with Gasteiger partial charge in [-0.05, 0) is 56.3 Å². The minimum absolute atomic E-state index is 0.0323. The third kappa shape index (κ3) is 3.21. The van der Waals surface area contributed by atoms with Crippen molar-refractivity contribution in [2.24, 2.45) is 17.8 Å². The predicted octanol–water partition coefficient (Wildman–Crippen LogP) is 0.956. The topological polar surface area (TPSA) is 96.1 Å². The Morgan fingerprint density at radius 3 is 2.52 bits per heavy atom. The summed E-state index contributed by atoms with van der Waals surface area (Å²) in [6.45, 7) is 2.57. The molecule has 0 spiro atoms. The number of aromatic amines is 1. The zero-order valence-electron chi connectivity index (χ0n) is 15.6. The van der Waals surface area contributed by atoms with Gasteiger partial charge in [0.15, 0.2) is 0 Å². The van der Waals surface area contributed by atoms with E-state index in [2.05, 4.69) is 20.6 Å². The molecule has 1 aromatic rings. The minimum Gasteiger partial charge on any atom is -0.374 e. The van der Waals surface area contributed by atoms with Crippen LogP contribution in [0.1, 0.15) is 54.7 Å². The number of ether oxygens (including phenoxy) is 1. The number of carbonyl (C=O) groups excluding carboxylic acids is 1. The van der Waals surface area contributed by atoms with Crippen LogP contribution in [-0.4, -0.2) is 48.2 Å². The second-order valence-corrected chi connectivity index (χ2v) is 9.08. The lowest BCUT2D eigenvalue weighted by molar-refractivity contribution is -0.00954. The first-order chi connectivity index (χ1) is 13.1. The highest BCUT2D eigenvalue weighted by atomic mass is 16.5. The van der Waals surface area contributed by atoms with Crippen molar-refractivity contribution < 1.29 is 9.53 Å². The number of carbonyl (C=O) groups is 1. The number of H-pyrrole nitrogens is 1. The summed E-state index contributed by atoms with van der Waals surface area (Å²) < 4.78 is 5.57. The molecule has 146 valence electrons. The molecule has 0 aromatic carbocycles. The quantitative estimate of drug-likeness (QED) is 0.732. The first-order valence-electron chi connectivity index (χ1n) is 10.3. The summed E-state index contributed by atoms with van der Waals surface area (Å²) in [5.41, 5.74) is -0.201. The highest BCUT2D eigenvalue weighted by Gasteiger charge is 2.52. The van der Waals surface area contributed by atoms with Gasteiger partial charge in [0, 0.05) is 31.2 Å². The summed E-state index contributed by atoms with van der Waals surface area (Å²) >= 11 is 0. The van der Waals surface area contributed by atoms with E-state index in [-0.39, 0.29) is 28.5 Å². The second-order valence-electron chi connectivity index (χ2n) is 9.08. The fourth-order valence-corrected chi connectivity index (χ4v) is 6.28. The van der Waals surface area contributed by atoms with Crippen LogP contribution in [0.4, 0.5) is 0 Å². The number of nitrogens with one attached hydrogen (secondary N) is 3. The molecule has 0 unspecified atom stereocenters. The second kappa shape index (κ2) is 6.71. The van der Waals surface area contributed by atoms with Gasteiger partial charge < -0.3 is 20.4 Å². The molecule has 4 aliphatic carbocycles. The molecule has 27 heavy (non-hydrogen) atoms. The van der Waals surface area contributed by atoms with Gasteiger partial charge in [-0.1, -0.05) is 0 Å². The summed E-state index contributed by atoms with van der Waals surface area (Å²) in [6, 6.07) is 0. The average Bonchev–Trinajstić information content (AvgIpc) is 2.66. The Bertz CT molecular complexity index is 748. The normalized spacial score (nSPS) is 37.3. The number of amides is 1. The van der Waals surface area contributed by atoms with Gasteiger partial charge in [-0.25, -0.2) is 4.98 Å². The van der Waals surface area contributed by atoms with Crippen molar-refractivity contribution in [2.45, 2.75) is 50.0 Å². The number of rotatable bonds is 4. The molecule has 1 amide bonds. The van der Waals surface area contributed by atoms with Gasteiger partial charge in [0.1, 0.15) is 11.4 Å². The maximum Gasteiger partial charge on any atom is 0.263 e. The van der Waals surface area contributed by atoms with Crippen LogP contribution in [0.15, 0.2) is 11.0 Å². The van der Waals surface area contributed by atoms with Crippen LogP contribution in [0.25, 0.3) is 0 Å². The zero-order valence-corrected chi connectivity index (χ0v) is 15.6.